The first kappa shape index (κ1) is 25.9. The lowest BCUT2D eigenvalue weighted by atomic mass is 9.99. The van der Waals surface area contributed by atoms with Crippen LogP contribution in [0.5, 0.6) is 5.75 Å². The highest BCUT2D eigenvalue weighted by Gasteiger charge is 2.46. The molecular formula is C29H38N6O4. The van der Waals surface area contributed by atoms with Gasteiger partial charge in [-0.25, -0.2) is 4.98 Å². The second-order valence-electron chi connectivity index (χ2n) is 11.3. The highest BCUT2D eigenvalue weighted by atomic mass is 16.5. The number of likely N-dealkylation sites (tertiary alicyclic amines) is 1. The molecule has 1 aromatic carbocycles. The van der Waals surface area contributed by atoms with Crippen LogP contribution in [0.4, 0.5) is 23.1 Å². The van der Waals surface area contributed by atoms with Gasteiger partial charge in [-0.15, -0.1) is 0 Å². The van der Waals surface area contributed by atoms with Gasteiger partial charge in [0.25, 0.3) is 5.91 Å². The van der Waals surface area contributed by atoms with Crippen LogP contribution in [0.25, 0.3) is 0 Å². The molecule has 10 heteroatoms. The predicted octanol–water partition coefficient (Wildman–Crippen LogP) is 3.72. The van der Waals surface area contributed by atoms with E-state index in [2.05, 4.69) is 15.2 Å². The molecule has 6 rings (SSSR count). The largest absolute Gasteiger partial charge is 0.495 e. The summed E-state index contributed by atoms with van der Waals surface area (Å²) in [5.41, 5.74) is 1.95. The van der Waals surface area contributed by atoms with E-state index in [4.69, 9.17) is 9.72 Å². The third-order valence-corrected chi connectivity index (χ3v) is 9.01. The first-order valence-electron chi connectivity index (χ1n) is 14.3. The van der Waals surface area contributed by atoms with Crippen molar-refractivity contribution in [2.75, 3.05) is 42.4 Å². The van der Waals surface area contributed by atoms with E-state index in [1.807, 2.05) is 13.1 Å². The maximum absolute atomic E-state index is 13.4. The van der Waals surface area contributed by atoms with Gasteiger partial charge in [-0.2, -0.15) is 4.98 Å². The predicted molar refractivity (Wildman–Crippen MR) is 149 cm³/mol. The Morgan fingerprint density at radius 2 is 1.85 bits per heavy atom. The number of aliphatic hydroxyl groups excluding tert-OH is 1. The lowest BCUT2D eigenvalue weighted by Gasteiger charge is -2.36. The Morgan fingerprint density at radius 3 is 2.59 bits per heavy atom. The molecule has 1 aromatic heterocycles. The van der Waals surface area contributed by atoms with E-state index >= 15 is 0 Å². The molecule has 1 saturated heterocycles. The van der Waals surface area contributed by atoms with E-state index in [0.29, 0.717) is 54.9 Å². The maximum atomic E-state index is 13.4. The first-order chi connectivity index (χ1) is 18.9. The molecule has 2 amide bonds. The number of hydrogen-bond acceptors (Lipinski definition) is 8. The minimum atomic E-state index is -0.335. The number of anilines is 4. The normalized spacial score (nSPS) is 24.0. The van der Waals surface area contributed by atoms with E-state index in [1.165, 1.54) is 12.8 Å². The Labute approximate surface area is 229 Å². The van der Waals surface area contributed by atoms with Crippen molar-refractivity contribution in [3.63, 3.8) is 0 Å². The molecule has 2 unspecified atom stereocenters. The summed E-state index contributed by atoms with van der Waals surface area (Å²) in [6.45, 7) is 1.09. The van der Waals surface area contributed by atoms with Crippen LogP contribution in [-0.4, -0.2) is 77.2 Å². The minimum absolute atomic E-state index is 0.00504. The molecule has 2 N–H and O–H groups in total. The average Bonchev–Trinajstić information content (AvgIpc) is 3.65. The van der Waals surface area contributed by atoms with Crippen molar-refractivity contribution in [3.05, 3.63) is 30.0 Å². The number of rotatable bonds is 5. The van der Waals surface area contributed by atoms with Gasteiger partial charge in [0, 0.05) is 37.8 Å². The molecular weight excluding hydrogens is 496 g/mol. The molecule has 208 valence electrons. The third kappa shape index (κ3) is 4.79. The zero-order valence-electron chi connectivity index (χ0n) is 22.8. The number of fused-ring (bicyclic) bond motifs is 2. The van der Waals surface area contributed by atoms with Crippen LogP contribution < -0.4 is 19.9 Å². The third-order valence-electron chi connectivity index (χ3n) is 9.01. The van der Waals surface area contributed by atoms with E-state index in [-0.39, 0.29) is 29.9 Å². The minimum Gasteiger partial charge on any atom is -0.495 e. The van der Waals surface area contributed by atoms with Crippen molar-refractivity contribution < 1.29 is 19.4 Å². The number of ether oxygens (including phenoxy) is 1. The summed E-state index contributed by atoms with van der Waals surface area (Å²) >= 11 is 0. The van der Waals surface area contributed by atoms with Crippen molar-refractivity contribution in [1.29, 1.82) is 0 Å². The fraction of sp³-hybridized carbons (Fsp3) is 0.586. The van der Waals surface area contributed by atoms with Gasteiger partial charge in [-0.1, -0.05) is 19.3 Å². The fourth-order valence-electron chi connectivity index (χ4n) is 6.86. The number of amides is 2. The Hall–Kier alpha value is -3.40. The van der Waals surface area contributed by atoms with Gasteiger partial charge in [-0.05, 0) is 56.7 Å². The molecule has 3 heterocycles. The highest BCUT2D eigenvalue weighted by Crippen LogP contribution is 2.45. The number of aromatic nitrogens is 2. The molecule has 2 saturated carbocycles. The molecule has 2 aliphatic heterocycles. The van der Waals surface area contributed by atoms with Crippen LogP contribution in [0.1, 0.15) is 68.1 Å². The Bertz CT molecular complexity index is 1240. The number of nitrogens with zero attached hydrogens (tertiary/aromatic N) is 5. The quantitative estimate of drug-likeness (QED) is 0.597. The smallest absolute Gasteiger partial charge is 0.253 e. The van der Waals surface area contributed by atoms with Crippen LogP contribution in [-0.2, 0) is 4.79 Å². The molecule has 3 fully saturated rings. The number of benzene rings is 1. The summed E-state index contributed by atoms with van der Waals surface area (Å²) in [6.07, 6.45) is 10.2. The van der Waals surface area contributed by atoms with Crippen LogP contribution in [0.3, 0.4) is 0 Å². The van der Waals surface area contributed by atoms with Crippen molar-refractivity contribution >= 4 is 35.0 Å². The highest BCUT2D eigenvalue weighted by molar-refractivity contribution is 6.00. The summed E-state index contributed by atoms with van der Waals surface area (Å²) in [7, 11) is 3.42. The van der Waals surface area contributed by atoms with E-state index < -0.39 is 0 Å². The maximum Gasteiger partial charge on any atom is 0.253 e. The first-order valence-corrected chi connectivity index (χ1v) is 14.3. The molecule has 4 aliphatic rings. The zero-order chi connectivity index (χ0) is 27.1. The van der Waals surface area contributed by atoms with Crippen LogP contribution >= 0.6 is 0 Å². The van der Waals surface area contributed by atoms with Crippen molar-refractivity contribution in [2.45, 2.75) is 76.0 Å². The summed E-state index contributed by atoms with van der Waals surface area (Å²) in [6, 6.07) is 5.88. The lowest BCUT2D eigenvalue weighted by molar-refractivity contribution is -0.122. The van der Waals surface area contributed by atoms with Crippen molar-refractivity contribution in [2.24, 2.45) is 5.92 Å². The SMILES string of the molecule is COc1cc(C(=O)N2CCC(O)CC2)ccc1Nc1ncc2c(n1)N(C1CCCC1)C1CCCC1C(=O)N2C. The van der Waals surface area contributed by atoms with Gasteiger partial charge < -0.3 is 29.9 Å². The second kappa shape index (κ2) is 10.6. The Kier molecular flexibility index (Phi) is 7.05. The van der Waals surface area contributed by atoms with Gasteiger partial charge in [0.1, 0.15) is 11.4 Å². The number of hydrogen-bond donors (Lipinski definition) is 2. The standard InChI is InChI=1S/C29H38N6O4/c1-33-24-17-30-29(32-26(24)35(19-6-3-4-7-19)23-9-5-8-21(23)28(33)38)31-22-11-10-18(16-25(22)39-2)27(37)34-14-12-20(36)13-15-34/h10-11,16-17,19-21,23,36H,3-9,12-15H2,1-2H3,(H,30,31,32). The molecule has 10 nitrogen and oxygen atoms in total. The van der Waals surface area contributed by atoms with Crippen molar-refractivity contribution in [3.8, 4) is 5.75 Å². The fourth-order valence-corrected chi connectivity index (χ4v) is 6.86. The van der Waals surface area contributed by atoms with Gasteiger partial charge >= 0.3 is 0 Å². The molecule has 2 atom stereocenters. The number of nitrogens with one attached hydrogen (secondary N) is 1. The average molecular weight is 535 g/mol. The molecule has 2 aliphatic carbocycles. The molecule has 0 bridgehead atoms. The van der Waals surface area contributed by atoms with Crippen LogP contribution in [0.15, 0.2) is 24.4 Å². The van der Waals surface area contributed by atoms with E-state index in [9.17, 15) is 14.7 Å². The summed E-state index contributed by atoms with van der Waals surface area (Å²) in [4.78, 5) is 42.0. The lowest BCUT2D eigenvalue weighted by Crippen LogP contribution is -2.46. The second-order valence-corrected chi connectivity index (χ2v) is 11.3. The van der Waals surface area contributed by atoms with Crippen LogP contribution in [0, 0.1) is 5.92 Å². The Balaban J connectivity index is 1.30. The van der Waals surface area contributed by atoms with Gasteiger partial charge in [0.2, 0.25) is 11.9 Å². The summed E-state index contributed by atoms with van der Waals surface area (Å²) < 4.78 is 5.64. The number of aliphatic hydroxyl groups is 1. The molecule has 2 aromatic rings. The van der Waals surface area contributed by atoms with Crippen LogP contribution in [0.2, 0.25) is 0 Å². The molecule has 0 spiro atoms. The zero-order valence-corrected chi connectivity index (χ0v) is 22.8. The van der Waals surface area contributed by atoms with Crippen molar-refractivity contribution in [1.82, 2.24) is 14.9 Å². The van der Waals surface area contributed by atoms with Gasteiger partial charge in [0.15, 0.2) is 5.82 Å². The summed E-state index contributed by atoms with van der Waals surface area (Å²) in [5, 5.41) is 13.1. The number of carbonyl (C=O) groups is 2. The van der Waals surface area contributed by atoms with E-state index in [0.717, 1.165) is 43.6 Å². The van der Waals surface area contributed by atoms with Gasteiger partial charge in [0.05, 0.1) is 31.0 Å². The van der Waals surface area contributed by atoms with Gasteiger partial charge in [-0.3, -0.25) is 9.59 Å². The Morgan fingerprint density at radius 1 is 1.08 bits per heavy atom. The summed E-state index contributed by atoms with van der Waals surface area (Å²) in [5.74, 6) is 1.86. The van der Waals surface area contributed by atoms with E-state index in [1.54, 1.807) is 35.2 Å². The topological polar surface area (TPSA) is 111 Å². The number of carbonyl (C=O) groups excluding carboxylic acids is 2. The molecule has 0 radical (unpaired) electrons. The molecule has 39 heavy (non-hydrogen) atoms. The number of piperidine rings is 1. The number of methoxy groups -OCH3 is 1. The monoisotopic (exact) mass is 534 g/mol.